The zero-order valence-electron chi connectivity index (χ0n) is 14.7. The number of nitriles is 1. The van der Waals surface area contributed by atoms with Crippen molar-refractivity contribution in [3.63, 3.8) is 0 Å². The van der Waals surface area contributed by atoms with Crippen molar-refractivity contribution in [3.05, 3.63) is 47.0 Å². The second-order valence-electron chi connectivity index (χ2n) is 5.62. The molecule has 6 nitrogen and oxygen atoms in total. The van der Waals surface area contributed by atoms with Crippen LogP contribution in [0, 0.1) is 17.1 Å². The van der Waals surface area contributed by atoms with Crippen LogP contribution in [0.15, 0.2) is 29.3 Å². The van der Waals surface area contributed by atoms with E-state index in [1.807, 2.05) is 35.1 Å². The van der Waals surface area contributed by atoms with E-state index in [1.54, 1.807) is 10.0 Å². The summed E-state index contributed by atoms with van der Waals surface area (Å²) in [4.78, 5) is 0.0855. The van der Waals surface area contributed by atoms with Crippen LogP contribution in [0.2, 0.25) is 0 Å². The Kier molecular flexibility index (Phi) is 7.55. The van der Waals surface area contributed by atoms with Gasteiger partial charge >= 0.3 is 0 Å². The van der Waals surface area contributed by atoms with E-state index in [2.05, 4.69) is 4.72 Å². The number of rotatable bonds is 4. The molecule has 1 aliphatic carbocycles. The number of aromatic nitrogens is 1. The molecule has 0 aliphatic heterocycles. The average Bonchev–Trinajstić information content (AvgIpc) is 3.03. The molecule has 1 aromatic carbocycles. The summed E-state index contributed by atoms with van der Waals surface area (Å²) in [5.41, 5.74) is 1.31. The maximum atomic E-state index is 14.0. The second kappa shape index (κ2) is 9.27. The molecule has 2 aromatic rings. The molecule has 2 N–H and O–H groups in total. The smallest absolute Gasteiger partial charge is 0.263 e. The molecule has 0 fully saturated rings. The van der Waals surface area contributed by atoms with Gasteiger partial charge < -0.3 is 5.11 Å². The van der Waals surface area contributed by atoms with E-state index in [0.717, 1.165) is 11.8 Å². The lowest BCUT2D eigenvalue weighted by Gasteiger charge is -2.19. The molecule has 27 heavy (non-hydrogen) atoms. The average molecular weight is 523 g/mol. The lowest BCUT2D eigenvalue weighted by molar-refractivity contribution is 0.157. The van der Waals surface area contributed by atoms with E-state index >= 15 is 0 Å². The third kappa shape index (κ3) is 4.77. The molecule has 0 saturated heterocycles. The molecule has 1 unspecified atom stereocenters. The number of sulfonamides is 1. The van der Waals surface area contributed by atoms with Crippen molar-refractivity contribution in [1.82, 2.24) is 3.97 Å². The number of fused-ring (bicyclic) bond motifs is 1. The Labute approximate surface area is 174 Å². The van der Waals surface area contributed by atoms with Crippen molar-refractivity contribution in [3.8, 4) is 6.07 Å². The summed E-state index contributed by atoms with van der Waals surface area (Å²) in [6, 6.07) is 5.35. The van der Waals surface area contributed by atoms with Crippen LogP contribution in [-0.2, 0) is 22.9 Å². The number of nitrogens with one attached hydrogen (secondary N) is 1. The number of hydrogen-bond donors (Lipinski definition) is 2. The summed E-state index contributed by atoms with van der Waals surface area (Å²) in [7, 11) is -2.69. The number of anilines is 1. The number of aliphatic hydroxyl groups is 1. The third-order valence-corrected chi connectivity index (χ3v) is 7.18. The van der Waals surface area contributed by atoms with Crippen molar-refractivity contribution in [2.75, 3.05) is 4.72 Å². The Balaban J connectivity index is 0.00000126. The van der Waals surface area contributed by atoms with Crippen LogP contribution in [-0.4, -0.2) is 23.6 Å². The topological polar surface area (TPSA) is 95.1 Å². The van der Waals surface area contributed by atoms with Gasteiger partial charge in [-0.15, -0.1) is 0 Å². The molecule has 0 amide bonds. The molecule has 1 aliphatic rings. The molecule has 1 aromatic heterocycles. The first-order valence-corrected chi connectivity index (χ1v) is 13.1. The van der Waals surface area contributed by atoms with Crippen LogP contribution in [0.3, 0.4) is 0 Å². The van der Waals surface area contributed by atoms with Crippen LogP contribution >= 0.6 is 30.3 Å². The highest BCUT2D eigenvalue weighted by molar-refractivity contribution is 14.2. The lowest BCUT2D eigenvalue weighted by Crippen LogP contribution is -2.21. The summed E-state index contributed by atoms with van der Waals surface area (Å²) < 4.78 is 43.5. The van der Waals surface area contributed by atoms with Gasteiger partial charge in [0, 0.05) is 48.6 Å². The van der Waals surface area contributed by atoms with E-state index in [9.17, 15) is 17.9 Å². The number of hydrogen-bond acceptors (Lipinski definition) is 5. The van der Waals surface area contributed by atoms with E-state index in [0.29, 0.717) is 24.8 Å². The first-order valence-electron chi connectivity index (χ1n) is 8.28. The molecule has 3 rings (SSSR count). The fraction of sp³-hybridized carbons (Fsp3) is 0.353. The lowest BCUT2D eigenvalue weighted by atomic mass is 9.96. The van der Waals surface area contributed by atoms with Gasteiger partial charge in [-0.25, -0.2) is 12.8 Å². The molecule has 1 atom stereocenters. The van der Waals surface area contributed by atoms with Crippen molar-refractivity contribution < 1.29 is 17.9 Å². The summed E-state index contributed by atoms with van der Waals surface area (Å²) in [6.07, 6.45) is 2.29. The van der Waals surface area contributed by atoms with Gasteiger partial charge in [-0.3, -0.25) is 8.69 Å². The van der Waals surface area contributed by atoms with Crippen molar-refractivity contribution in [2.45, 2.75) is 44.1 Å². The monoisotopic (exact) mass is 523 g/mol. The normalized spacial score (nSPS) is 15.9. The quantitative estimate of drug-likeness (QED) is 0.591. The van der Waals surface area contributed by atoms with Crippen LogP contribution < -0.4 is 4.72 Å². The largest absolute Gasteiger partial charge is 0.393 e. The minimum atomic E-state index is -4.00. The van der Waals surface area contributed by atoms with Gasteiger partial charge in [-0.1, -0.05) is 13.8 Å². The van der Waals surface area contributed by atoms with Gasteiger partial charge in [-0.2, -0.15) is 5.26 Å². The predicted octanol–water partition coefficient (Wildman–Crippen LogP) is 4.02. The molecular weight excluding hydrogens is 504 g/mol. The Bertz CT molecular complexity index is 971. The van der Waals surface area contributed by atoms with E-state index in [4.69, 9.17) is 5.26 Å². The molecule has 146 valence electrons. The summed E-state index contributed by atoms with van der Waals surface area (Å²) in [5, 5.41) is 18.6. The molecule has 0 spiro atoms. The zero-order chi connectivity index (χ0) is 20.2. The Hall–Kier alpha value is -1.29. The Morgan fingerprint density at radius 1 is 1.44 bits per heavy atom. The SMILES string of the molecule is CC.N#Cc1ccc(NS(=O)(=O)c2cn(SI)c3c2CCC(O)C3)c(F)c1. The van der Waals surface area contributed by atoms with E-state index in [1.165, 1.54) is 27.4 Å². The first kappa shape index (κ1) is 22.0. The minimum absolute atomic E-state index is 0.0855. The first-order chi connectivity index (χ1) is 12.9. The highest BCUT2D eigenvalue weighted by Crippen LogP contribution is 2.35. The molecule has 0 radical (unpaired) electrons. The van der Waals surface area contributed by atoms with Crippen molar-refractivity contribution >= 4 is 46.0 Å². The van der Waals surface area contributed by atoms with Crippen molar-refractivity contribution in [1.29, 1.82) is 5.26 Å². The molecule has 10 heteroatoms. The summed E-state index contributed by atoms with van der Waals surface area (Å²) in [6.45, 7) is 4.00. The van der Waals surface area contributed by atoms with Crippen LogP contribution in [0.5, 0.6) is 0 Å². The van der Waals surface area contributed by atoms with Crippen LogP contribution in [0.4, 0.5) is 10.1 Å². The summed E-state index contributed by atoms with van der Waals surface area (Å²) >= 11 is 2.04. The van der Waals surface area contributed by atoms with Gasteiger partial charge in [0.05, 0.1) is 23.4 Å². The maximum absolute atomic E-state index is 14.0. The second-order valence-corrected chi connectivity index (χ2v) is 8.99. The Morgan fingerprint density at radius 2 is 2.15 bits per heavy atom. The summed E-state index contributed by atoms with van der Waals surface area (Å²) in [5.74, 6) is -0.811. The van der Waals surface area contributed by atoms with Gasteiger partial charge in [0.1, 0.15) is 10.7 Å². The number of aliphatic hydroxyl groups excluding tert-OH is 1. The zero-order valence-corrected chi connectivity index (χ0v) is 18.5. The van der Waals surface area contributed by atoms with Crippen LogP contribution in [0.1, 0.15) is 37.1 Å². The fourth-order valence-corrected chi connectivity index (χ4v) is 5.70. The molecule has 1 heterocycles. The van der Waals surface area contributed by atoms with Crippen LogP contribution in [0.25, 0.3) is 0 Å². The number of nitrogens with zero attached hydrogens (tertiary/aromatic N) is 2. The highest BCUT2D eigenvalue weighted by Gasteiger charge is 2.30. The fourth-order valence-electron chi connectivity index (χ4n) is 2.81. The Morgan fingerprint density at radius 3 is 2.74 bits per heavy atom. The predicted molar refractivity (Wildman–Crippen MR) is 113 cm³/mol. The maximum Gasteiger partial charge on any atom is 0.263 e. The third-order valence-electron chi connectivity index (χ3n) is 4.01. The molecule has 0 saturated carbocycles. The van der Waals surface area contributed by atoms with E-state index in [-0.39, 0.29) is 16.1 Å². The van der Waals surface area contributed by atoms with Gasteiger partial charge in [0.25, 0.3) is 10.0 Å². The van der Waals surface area contributed by atoms with Gasteiger partial charge in [0.15, 0.2) is 0 Å². The number of benzene rings is 1. The highest BCUT2D eigenvalue weighted by atomic mass is 127. The van der Waals surface area contributed by atoms with Crippen molar-refractivity contribution in [2.24, 2.45) is 0 Å². The number of halogens is 2. The van der Waals surface area contributed by atoms with E-state index < -0.39 is 21.9 Å². The van der Waals surface area contributed by atoms with Gasteiger partial charge in [0.2, 0.25) is 0 Å². The molecule has 0 bridgehead atoms. The minimum Gasteiger partial charge on any atom is -0.393 e. The van der Waals surface area contributed by atoms with Gasteiger partial charge in [-0.05, 0) is 36.6 Å². The molecular formula is C17H19FIN3O3S2. The standard InChI is InChI=1S/C15H13FIN3O3S2.C2H6/c16-12-5-9(7-18)1-4-13(12)19-25(22,23)15-8-20(24-17)14-6-10(21)2-3-11(14)15;1-2/h1,4-5,8,10,19,21H,2-3,6H2;1-2H3.